The van der Waals surface area contributed by atoms with Gasteiger partial charge < -0.3 is 14.6 Å². The van der Waals surface area contributed by atoms with Gasteiger partial charge in [-0.25, -0.2) is 4.98 Å². The smallest absolute Gasteiger partial charge is 0.239 e. The van der Waals surface area contributed by atoms with Gasteiger partial charge in [-0.3, -0.25) is 9.59 Å². The first-order valence-electron chi connectivity index (χ1n) is 9.77. The van der Waals surface area contributed by atoms with Crippen molar-refractivity contribution in [2.45, 2.75) is 26.8 Å². The van der Waals surface area contributed by atoms with E-state index in [0.717, 1.165) is 11.1 Å². The van der Waals surface area contributed by atoms with Crippen LogP contribution in [0.5, 0.6) is 0 Å². The lowest BCUT2D eigenvalue weighted by Crippen LogP contribution is -2.41. The molecule has 3 aromatic rings. The normalized spacial score (nSPS) is 10.6. The zero-order chi connectivity index (χ0) is 21.5. The first-order valence-corrected chi connectivity index (χ1v) is 10.1. The second-order valence-electron chi connectivity index (χ2n) is 6.88. The van der Waals surface area contributed by atoms with Crippen molar-refractivity contribution in [1.82, 2.24) is 15.2 Å². The number of aromatic nitrogens is 1. The van der Waals surface area contributed by atoms with E-state index in [1.54, 1.807) is 19.1 Å². The molecule has 3 rings (SSSR count). The van der Waals surface area contributed by atoms with Crippen LogP contribution in [0, 0.1) is 6.92 Å². The zero-order valence-corrected chi connectivity index (χ0v) is 17.8. The van der Waals surface area contributed by atoms with Crippen molar-refractivity contribution in [3.63, 3.8) is 0 Å². The first kappa shape index (κ1) is 21.6. The van der Waals surface area contributed by atoms with Crippen molar-refractivity contribution in [2.24, 2.45) is 0 Å². The van der Waals surface area contributed by atoms with E-state index in [-0.39, 0.29) is 24.8 Å². The van der Waals surface area contributed by atoms with E-state index in [0.29, 0.717) is 35.5 Å². The van der Waals surface area contributed by atoms with E-state index in [9.17, 15) is 9.59 Å². The summed E-state index contributed by atoms with van der Waals surface area (Å²) in [6.07, 6.45) is 0.0838. The molecular formula is C23H24ClN3O3. The highest BCUT2D eigenvalue weighted by atomic mass is 35.5. The van der Waals surface area contributed by atoms with E-state index in [2.05, 4.69) is 10.3 Å². The minimum Gasteiger partial charge on any atom is -0.441 e. The quantitative estimate of drug-likeness (QED) is 0.591. The van der Waals surface area contributed by atoms with E-state index in [4.69, 9.17) is 16.0 Å². The Labute approximate surface area is 180 Å². The van der Waals surface area contributed by atoms with Crippen LogP contribution in [0.2, 0.25) is 5.02 Å². The van der Waals surface area contributed by atoms with Gasteiger partial charge in [0.15, 0.2) is 0 Å². The molecule has 0 radical (unpaired) electrons. The molecule has 1 heterocycles. The summed E-state index contributed by atoms with van der Waals surface area (Å²) < 4.78 is 5.72. The minimum absolute atomic E-state index is 0.00857. The van der Waals surface area contributed by atoms with Crippen LogP contribution in [0.1, 0.15) is 23.9 Å². The number of hydrogen-bond donors (Lipinski definition) is 1. The number of benzene rings is 2. The Morgan fingerprint density at radius 3 is 2.47 bits per heavy atom. The van der Waals surface area contributed by atoms with Crippen LogP contribution in [0.15, 0.2) is 59.0 Å². The van der Waals surface area contributed by atoms with Gasteiger partial charge in [-0.05, 0) is 43.7 Å². The van der Waals surface area contributed by atoms with Gasteiger partial charge in [0, 0.05) is 23.7 Å². The Bertz CT molecular complexity index is 1000. The Kier molecular flexibility index (Phi) is 7.25. The molecule has 2 aromatic carbocycles. The number of oxazole rings is 1. The molecule has 30 heavy (non-hydrogen) atoms. The lowest BCUT2D eigenvalue weighted by atomic mass is 10.2. The van der Waals surface area contributed by atoms with E-state index >= 15 is 0 Å². The second-order valence-corrected chi connectivity index (χ2v) is 7.31. The van der Waals surface area contributed by atoms with Crippen LogP contribution in [0.25, 0.3) is 11.5 Å². The van der Waals surface area contributed by atoms with Gasteiger partial charge in [0.05, 0.1) is 18.7 Å². The molecule has 0 spiro atoms. The topological polar surface area (TPSA) is 75.4 Å². The summed E-state index contributed by atoms with van der Waals surface area (Å²) in [7, 11) is 0. The number of carbonyl (C=O) groups is 2. The lowest BCUT2D eigenvalue weighted by Gasteiger charge is -2.20. The van der Waals surface area contributed by atoms with Gasteiger partial charge in [0.25, 0.3) is 0 Å². The number of carbonyl (C=O) groups excluding carboxylic acids is 2. The van der Waals surface area contributed by atoms with Gasteiger partial charge in [-0.1, -0.05) is 41.9 Å². The van der Waals surface area contributed by atoms with Crippen molar-refractivity contribution >= 4 is 23.4 Å². The molecule has 1 aromatic heterocycles. The van der Waals surface area contributed by atoms with E-state index < -0.39 is 0 Å². The molecule has 7 heteroatoms. The van der Waals surface area contributed by atoms with Gasteiger partial charge >= 0.3 is 0 Å². The highest BCUT2D eigenvalue weighted by Gasteiger charge is 2.20. The minimum atomic E-state index is -0.220. The molecule has 0 fully saturated rings. The fourth-order valence-corrected chi connectivity index (χ4v) is 3.09. The summed E-state index contributed by atoms with van der Waals surface area (Å²) in [4.78, 5) is 31.0. The maximum atomic E-state index is 12.7. The lowest BCUT2D eigenvalue weighted by molar-refractivity contribution is -0.135. The van der Waals surface area contributed by atoms with Gasteiger partial charge in [0.2, 0.25) is 17.7 Å². The number of aryl methyl sites for hydroxylation is 1. The molecule has 6 nitrogen and oxygen atoms in total. The van der Waals surface area contributed by atoms with E-state index in [1.165, 1.54) is 4.90 Å². The largest absolute Gasteiger partial charge is 0.441 e. The second kappa shape index (κ2) is 10.1. The Hall–Kier alpha value is -3.12. The van der Waals surface area contributed by atoms with Crippen LogP contribution < -0.4 is 5.32 Å². The summed E-state index contributed by atoms with van der Waals surface area (Å²) in [6, 6.07) is 16.8. The number of amides is 2. The van der Waals surface area contributed by atoms with Gasteiger partial charge in [0.1, 0.15) is 5.76 Å². The Morgan fingerprint density at radius 1 is 1.10 bits per heavy atom. The van der Waals surface area contributed by atoms with Crippen LogP contribution in [0.4, 0.5) is 0 Å². The summed E-state index contributed by atoms with van der Waals surface area (Å²) in [5.74, 6) is 0.697. The van der Waals surface area contributed by atoms with Crippen LogP contribution >= 0.6 is 11.6 Å². The number of rotatable bonds is 8. The monoisotopic (exact) mass is 425 g/mol. The molecule has 0 saturated carbocycles. The van der Waals surface area contributed by atoms with Crippen LogP contribution in [0.3, 0.4) is 0 Å². The van der Waals surface area contributed by atoms with Crippen LogP contribution in [-0.2, 0) is 22.6 Å². The van der Waals surface area contributed by atoms with Crippen molar-refractivity contribution in [1.29, 1.82) is 0 Å². The SMILES string of the molecule is CCN(CC(=O)NCc1ccc(Cl)cc1)C(=O)Cc1nc(-c2ccccc2)oc1C. The third kappa shape index (κ3) is 5.70. The zero-order valence-electron chi connectivity index (χ0n) is 17.0. The molecule has 156 valence electrons. The Balaban J connectivity index is 1.57. The van der Waals surface area contributed by atoms with Gasteiger partial charge in [-0.2, -0.15) is 0 Å². The highest BCUT2D eigenvalue weighted by Crippen LogP contribution is 2.22. The average Bonchev–Trinajstić information content (AvgIpc) is 3.12. The summed E-state index contributed by atoms with van der Waals surface area (Å²) in [5, 5.41) is 3.47. The molecule has 0 bridgehead atoms. The summed E-state index contributed by atoms with van der Waals surface area (Å²) >= 11 is 5.87. The molecule has 1 N–H and O–H groups in total. The molecule has 0 unspecified atom stereocenters. The highest BCUT2D eigenvalue weighted by molar-refractivity contribution is 6.30. The standard InChI is InChI=1S/C23H24ClN3O3/c1-3-27(15-21(28)25-14-17-9-11-19(24)12-10-17)22(29)13-20-16(2)30-23(26-20)18-7-5-4-6-8-18/h4-12H,3,13-15H2,1-2H3,(H,25,28). The number of hydrogen-bond acceptors (Lipinski definition) is 4. The van der Waals surface area contributed by atoms with Crippen molar-refractivity contribution in [2.75, 3.05) is 13.1 Å². The molecule has 0 saturated heterocycles. The average molecular weight is 426 g/mol. The number of halogens is 1. The molecule has 2 amide bonds. The van der Waals surface area contributed by atoms with Crippen molar-refractivity contribution < 1.29 is 14.0 Å². The molecule has 0 atom stereocenters. The maximum Gasteiger partial charge on any atom is 0.239 e. The van der Waals surface area contributed by atoms with Gasteiger partial charge in [-0.15, -0.1) is 0 Å². The fraction of sp³-hybridized carbons (Fsp3) is 0.261. The molecule has 0 aliphatic rings. The fourth-order valence-electron chi connectivity index (χ4n) is 2.96. The van der Waals surface area contributed by atoms with E-state index in [1.807, 2.05) is 49.4 Å². The maximum absolute atomic E-state index is 12.7. The van der Waals surface area contributed by atoms with Crippen LogP contribution in [-0.4, -0.2) is 34.8 Å². The number of likely N-dealkylation sites (N-methyl/N-ethyl adjacent to an activating group) is 1. The summed E-state index contributed by atoms with van der Waals surface area (Å²) in [5.41, 5.74) is 2.38. The summed E-state index contributed by atoms with van der Waals surface area (Å²) in [6.45, 7) is 4.43. The number of nitrogens with zero attached hydrogens (tertiary/aromatic N) is 2. The predicted octanol–water partition coefficient (Wildman–Crippen LogP) is 4.01. The third-order valence-corrected chi connectivity index (χ3v) is 4.96. The third-order valence-electron chi connectivity index (χ3n) is 4.70. The van der Waals surface area contributed by atoms with Crippen molar-refractivity contribution in [3.05, 3.63) is 76.6 Å². The first-order chi connectivity index (χ1) is 14.5. The van der Waals surface area contributed by atoms with Crippen molar-refractivity contribution in [3.8, 4) is 11.5 Å². The Morgan fingerprint density at radius 2 is 1.80 bits per heavy atom. The molecule has 0 aliphatic carbocycles. The molecule has 0 aliphatic heterocycles. The number of nitrogens with one attached hydrogen (secondary N) is 1. The molecular weight excluding hydrogens is 402 g/mol. The predicted molar refractivity (Wildman–Crippen MR) is 116 cm³/mol.